The van der Waals surface area contributed by atoms with Crippen molar-refractivity contribution in [1.29, 1.82) is 0 Å². The normalized spacial score (nSPS) is 11.7. The van der Waals surface area contributed by atoms with Crippen LogP contribution in [-0.2, 0) is 16.7 Å². The minimum absolute atomic E-state index is 0.0890. The van der Waals surface area contributed by atoms with Gasteiger partial charge in [0.2, 0.25) is 0 Å². The van der Waals surface area contributed by atoms with Crippen LogP contribution in [0.3, 0.4) is 0 Å². The van der Waals surface area contributed by atoms with Crippen LogP contribution in [-0.4, -0.2) is 18.2 Å². The molecule has 3 aromatic rings. The highest BCUT2D eigenvalue weighted by Gasteiger charge is 2.21. The molecule has 1 heterocycles. The largest absolute Gasteiger partial charge is 0.361 e. The van der Waals surface area contributed by atoms with Gasteiger partial charge in [-0.15, -0.1) is 11.3 Å². The average molecular weight is 380 g/mol. The number of fused-ring (bicyclic) bond motifs is 1. The second-order valence-electron chi connectivity index (χ2n) is 7.76. The third kappa shape index (κ3) is 5.21. The van der Waals surface area contributed by atoms with E-state index in [1.54, 1.807) is 11.3 Å². The molecule has 0 bridgehead atoms. The second kappa shape index (κ2) is 8.73. The Bertz CT molecular complexity index is 896. The Morgan fingerprint density at radius 2 is 2.00 bits per heavy atom. The molecule has 0 spiro atoms. The summed E-state index contributed by atoms with van der Waals surface area (Å²) in [6.45, 7) is 12.7. The monoisotopic (exact) mass is 379 g/mol. The molecule has 0 aliphatic heterocycles. The molecule has 0 aliphatic carbocycles. The minimum atomic E-state index is 0.0890. The Morgan fingerprint density at radius 1 is 1.15 bits per heavy atom. The Morgan fingerprint density at radius 3 is 2.78 bits per heavy atom. The van der Waals surface area contributed by atoms with Crippen molar-refractivity contribution in [3.8, 4) is 0 Å². The Kier molecular flexibility index (Phi) is 6.35. The van der Waals surface area contributed by atoms with Crippen LogP contribution >= 0.6 is 11.3 Å². The lowest BCUT2D eigenvalue weighted by Gasteiger charge is -2.26. The van der Waals surface area contributed by atoms with Gasteiger partial charge in [0.15, 0.2) is 0 Å². The van der Waals surface area contributed by atoms with Crippen LogP contribution in [0.25, 0.3) is 10.1 Å². The average Bonchev–Trinajstić information content (AvgIpc) is 3.12. The predicted octanol–water partition coefficient (Wildman–Crippen LogP) is 6.50. The van der Waals surface area contributed by atoms with Gasteiger partial charge in [-0.2, -0.15) is 0 Å². The number of hydrogen-bond donors (Lipinski definition) is 0. The molecule has 0 amide bonds. The molecular weight excluding hydrogens is 350 g/mol. The Balaban J connectivity index is 1.51. The van der Waals surface area contributed by atoms with Crippen LogP contribution in [0.15, 0.2) is 66.7 Å². The molecule has 0 saturated heterocycles. The summed E-state index contributed by atoms with van der Waals surface area (Å²) < 4.78 is 7.33. The van der Waals surface area contributed by atoms with Gasteiger partial charge in [0.25, 0.3) is 0 Å². The fraction of sp³-hybridized carbons (Fsp3) is 0.333. The molecule has 0 fully saturated rings. The molecule has 3 rings (SSSR count). The topological polar surface area (TPSA) is 12.5 Å². The molecular formula is C24H29NOS. The van der Waals surface area contributed by atoms with Gasteiger partial charge in [0.05, 0.1) is 0 Å². The summed E-state index contributed by atoms with van der Waals surface area (Å²) in [6, 6.07) is 17.6. The minimum Gasteiger partial charge on any atom is -0.361 e. The molecule has 142 valence electrons. The van der Waals surface area contributed by atoms with E-state index < -0.39 is 0 Å². The van der Waals surface area contributed by atoms with Crippen molar-refractivity contribution < 1.29 is 4.74 Å². The standard InChI is InChI=1S/C24H29NOS/c1-5-25(17-20-8-6-7-19(2)15-20)18-26-13-12-24(3,4)22-9-10-23-21(16-22)11-14-27-23/h5-11,14-16H,1,12-13,17-18H2,2-4H3. The zero-order chi connectivity index (χ0) is 19.3. The molecule has 0 N–H and O–H groups in total. The van der Waals surface area contributed by atoms with E-state index >= 15 is 0 Å². The van der Waals surface area contributed by atoms with Crippen molar-refractivity contribution in [3.05, 3.63) is 83.4 Å². The van der Waals surface area contributed by atoms with Gasteiger partial charge in [-0.05, 0) is 65.1 Å². The molecule has 0 atom stereocenters. The number of ether oxygens (including phenoxy) is 1. The van der Waals surface area contributed by atoms with Crippen molar-refractivity contribution >= 4 is 21.4 Å². The van der Waals surface area contributed by atoms with E-state index in [1.807, 2.05) is 6.20 Å². The number of nitrogens with zero attached hydrogens (tertiary/aromatic N) is 1. The summed E-state index contributed by atoms with van der Waals surface area (Å²) in [7, 11) is 0. The maximum absolute atomic E-state index is 5.98. The third-order valence-corrected chi connectivity index (χ3v) is 5.99. The lowest BCUT2D eigenvalue weighted by Crippen LogP contribution is -2.24. The van der Waals surface area contributed by atoms with Gasteiger partial charge in [0, 0.05) is 17.9 Å². The first-order valence-corrected chi connectivity index (χ1v) is 10.3. The van der Waals surface area contributed by atoms with Crippen LogP contribution in [0.4, 0.5) is 0 Å². The van der Waals surface area contributed by atoms with Crippen LogP contribution < -0.4 is 0 Å². The lowest BCUT2D eigenvalue weighted by atomic mass is 9.81. The summed E-state index contributed by atoms with van der Waals surface area (Å²) in [6.07, 6.45) is 2.84. The van der Waals surface area contributed by atoms with E-state index in [4.69, 9.17) is 4.74 Å². The second-order valence-corrected chi connectivity index (χ2v) is 8.71. The van der Waals surface area contributed by atoms with Gasteiger partial charge in [-0.3, -0.25) is 0 Å². The highest BCUT2D eigenvalue weighted by Crippen LogP contribution is 2.31. The summed E-state index contributed by atoms with van der Waals surface area (Å²) in [5.74, 6) is 0. The van der Waals surface area contributed by atoms with Gasteiger partial charge < -0.3 is 9.64 Å². The van der Waals surface area contributed by atoms with E-state index in [-0.39, 0.29) is 5.41 Å². The summed E-state index contributed by atoms with van der Waals surface area (Å²) in [4.78, 5) is 2.11. The molecule has 2 aromatic carbocycles. The van der Waals surface area contributed by atoms with Gasteiger partial charge in [0.1, 0.15) is 6.73 Å². The van der Waals surface area contributed by atoms with Crippen molar-refractivity contribution in [2.24, 2.45) is 0 Å². The highest BCUT2D eigenvalue weighted by molar-refractivity contribution is 7.17. The summed E-state index contributed by atoms with van der Waals surface area (Å²) in [5, 5.41) is 3.49. The first-order valence-electron chi connectivity index (χ1n) is 9.45. The van der Waals surface area contributed by atoms with Crippen LogP contribution in [0.5, 0.6) is 0 Å². The van der Waals surface area contributed by atoms with Crippen molar-refractivity contribution in [3.63, 3.8) is 0 Å². The van der Waals surface area contributed by atoms with Gasteiger partial charge in [-0.1, -0.05) is 56.3 Å². The van der Waals surface area contributed by atoms with Crippen LogP contribution in [0.1, 0.15) is 37.0 Å². The maximum atomic E-state index is 5.98. The van der Waals surface area contributed by atoms with Crippen LogP contribution in [0, 0.1) is 6.92 Å². The maximum Gasteiger partial charge on any atom is 0.118 e. The van der Waals surface area contributed by atoms with Gasteiger partial charge >= 0.3 is 0 Å². The fourth-order valence-corrected chi connectivity index (χ4v) is 4.02. The van der Waals surface area contributed by atoms with E-state index in [2.05, 4.69) is 86.2 Å². The molecule has 0 aliphatic rings. The SMILES string of the molecule is C=CN(COCCC(C)(C)c1ccc2sccc2c1)Cc1cccc(C)c1. The molecule has 1 aromatic heterocycles. The smallest absolute Gasteiger partial charge is 0.118 e. The zero-order valence-electron chi connectivity index (χ0n) is 16.6. The predicted molar refractivity (Wildman–Crippen MR) is 117 cm³/mol. The number of thiophene rings is 1. The Labute approximate surface area is 167 Å². The van der Waals surface area contributed by atoms with Crippen molar-refractivity contribution in [2.45, 2.75) is 39.2 Å². The first kappa shape index (κ1) is 19.7. The zero-order valence-corrected chi connectivity index (χ0v) is 17.4. The first-order chi connectivity index (χ1) is 13.0. The molecule has 3 heteroatoms. The molecule has 2 nitrogen and oxygen atoms in total. The molecule has 27 heavy (non-hydrogen) atoms. The number of rotatable bonds is 9. The summed E-state index contributed by atoms with van der Waals surface area (Å²) in [5.41, 5.74) is 4.02. The van der Waals surface area contributed by atoms with E-state index in [0.29, 0.717) is 6.73 Å². The fourth-order valence-electron chi connectivity index (χ4n) is 3.25. The van der Waals surface area contributed by atoms with E-state index in [1.165, 1.54) is 26.8 Å². The third-order valence-electron chi connectivity index (χ3n) is 5.09. The van der Waals surface area contributed by atoms with Crippen LogP contribution in [0.2, 0.25) is 0 Å². The lowest BCUT2D eigenvalue weighted by molar-refractivity contribution is 0.0422. The molecule has 0 radical (unpaired) electrons. The number of aryl methyl sites for hydroxylation is 1. The highest BCUT2D eigenvalue weighted by atomic mass is 32.1. The Hall–Kier alpha value is -2.10. The quantitative estimate of drug-likeness (QED) is 0.311. The molecule has 0 saturated carbocycles. The number of benzene rings is 2. The van der Waals surface area contributed by atoms with Crippen molar-refractivity contribution in [2.75, 3.05) is 13.3 Å². The van der Waals surface area contributed by atoms with E-state index in [0.717, 1.165) is 19.6 Å². The van der Waals surface area contributed by atoms with Gasteiger partial charge in [-0.25, -0.2) is 0 Å². The molecule has 0 unspecified atom stereocenters. The van der Waals surface area contributed by atoms with Crippen molar-refractivity contribution in [1.82, 2.24) is 4.90 Å². The van der Waals surface area contributed by atoms with E-state index in [9.17, 15) is 0 Å². The summed E-state index contributed by atoms with van der Waals surface area (Å²) >= 11 is 1.80. The number of hydrogen-bond acceptors (Lipinski definition) is 3.